The summed E-state index contributed by atoms with van der Waals surface area (Å²) >= 11 is 0. The summed E-state index contributed by atoms with van der Waals surface area (Å²) in [5, 5.41) is 0. The molecule has 65 heavy (non-hydrogen) atoms. The van der Waals surface area contributed by atoms with Crippen LogP contribution in [-0.2, 0) is 28.6 Å². The van der Waals surface area contributed by atoms with Crippen LogP contribution in [0.15, 0.2) is 24.3 Å². The van der Waals surface area contributed by atoms with Crippen LogP contribution < -0.4 is 0 Å². The van der Waals surface area contributed by atoms with Crippen molar-refractivity contribution < 1.29 is 28.6 Å². The van der Waals surface area contributed by atoms with Crippen molar-refractivity contribution in [2.45, 2.75) is 322 Å². The Morgan fingerprint density at radius 1 is 0.292 bits per heavy atom. The van der Waals surface area contributed by atoms with Crippen LogP contribution in [0.25, 0.3) is 0 Å². The highest BCUT2D eigenvalue weighted by Crippen LogP contribution is 2.17. The summed E-state index contributed by atoms with van der Waals surface area (Å²) in [7, 11) is 0. The van der Waals surface area contributed by atoms with E-state index in [1.807, 2.05) is 0 Å². The molecule has 6 nitrogen and oxygen atoms in total. The van der Waals surface area contributed by atoms with Gasteiger partial charge >= 0.3 is 17.9 Å². The summed E-state index contributed by atoms with van der Waals surface area (Å²) < 4.78 is 16.9. The Kier molecular flexibility index (Phi) is 52.7. The standard InChI is InChI=1S/C59H110O6/c1-4-7-10-13-16-19-22-25-27-29-31-32-34-37-40-43-46-49-52-58(61)64-55-56(54-63-57(60)51-48-45-42-39-36-24-21-18-15-12-9-6-3)65-59(62)53-50-47-44-41-38-35-33-30-28-26-23-20-17-14-11-8-5-2/h18,21,26,28,56H,4-17,19-20,22-25,27,29-55H2,1-3H3/b21-18-,28-26-. The lowest BCUT2D eigenvalue weighted by atomic mass is 10.0. The fourth-order valence-electron chi connectivity index (χ4n) is 8.55. The number of carbonyl (C=O) groups is 3. The maximum absolute atomic E-state index is 12.8. The van der Waals surface area contributed by atoms with Crippen LogP contribution >= 0.6 is 0 Å². The van der Waals surface area contributed by atoms with Gasteiger partial charge in [0.25, 0.3) is 0 Å². The van der Waals surface area contributed by atoms with E-state index in [-0.39, 0.29) is 31.1 Å². The van der Waals surface area contributed by atoms with Crippen molar-refractivity contribution in [2.24, 2.45) is 0 Å². The second-order valence-corrected chi connectivity index (χ2v) is 19.6. The molecule has 0 rings (SSSR count). The third kappa shape index (κ3) is 52.7. The molecule has 0 N–H and O–H groups in total. The second kappa shape index (κ2) is 54.5. The van der Waals surface area contributed by atoms with E-state index in [2.05, 4.69) is 45.1 Å². The first kappa shape index (κ1) is 62.9. The third-order valence-electron chi connectivity index (χ3n) is 12.9. The van der Waals surface area contributed by atoms with Crippen LogP contribution in [0.4, 0.5) is 0 Å². The summed E-state index contributed by atoms with van der Waals surface area (Å²) in [6.07, 6.45) is 63.1. The van der Waals surface area contributed by atoms with Crippen molar-refractivity contribution in [3.05, 3.63) is 24.3 Å². The van der Waals surface area contributed by atoms with E-state index in [0.29, 0.717) is 19.3 Å². The summed E-state index contributed by atoms with van der Waals surface area (Å²) in [5.41, 5.74) is 0. The zero-order chi connectivity index (χ0) is 47.2. The molecule has 0 aliphatic carbocycles. The Hall–Kier alpha value is -2.11. The molecule has 1 atom stereocenters. The molecule has 0 fully saturated rings. The minimum atomic E-state index is -0.773. The lowest BCUT2D eigenvalue weighted by Gasteiger charge is -2.18. The maximum atomic E-state index is 12.8. The molecule has 0 saturated heterocycles. The fraction of sp³-hybridized carbons (Fsp3) is 0.881. The number of hydrogen-bond acceptors (Lipinski definition) is 6. The molecule has 0 aliphatic heterocycles. The molecule has 0 radical (unpaired) electrons. The number of carbonyl (C=O) groups excluding carboxylic acids is 3. The summed E-state index contributed by atoms with van der Waals surface area (Å²) in [6.45, 7) is 6.65. The predicted molar refractivity (Wildman–Crippen MR) is 279 cm³/mol. The molecular formula is C59H110O6. The van der Waals surface area contributed by atoms with Gasteiger partial charge in [0.2, 0.25) is 0 Å². The first-order valence-corrected chi connectivity index (χ1v) is 28.8. The van der Waals surface area contributed by atoms with Crippen molar-refractivity contribution in [2.75, 3.05) is 13.2 Å². The quantitative estimate of drug-likeness (QED) is 0.0262. The zero-order valence-electron chi connectivity index (χ0n) is 43.8. The first-order chi connectivity index (χ1) is 32.0. The van der Waals surface area contributed by atoms with Gasteiger partial charge in [-0.25, -0.2) is 0 Å². The van der Waals surface area contributed by atoms with Crippen LogP contribution in [-0.4, -0.2) is 37.2 Å². The van der Waals surface area contributed by atoms with Gasteiger partial charge in [-0.15, -0.1) is 0 Å². The SMILES string of the molecule is CCCCC/C=C\CCCCCCCC(=O)OCC(COC(=O)CCCCCCCCCCCCCCCCCCCC)OC(=O)CCCCCCCCC/C=C\CCCCCCCC. The van der Waals surface area contributed by atoms with Gasteiger partial charge in [-0.2, -0.15) is 0 Å². The molecule has 0 heterocycles. The average Bonchev–Trinajstić information content (AvgIpc) is 3.30. The van der Waals surface area contributed by atoms with Crippen molar-refractivity contribution in [3.8, 4) is 0 Å². The molecule has 0 aromatic rings. The Morgan fingerprint density at radius 3 is 0.800 bits per heavy atom. The zero-order valence-corrected chi connectivity index (χ0v) is 43.8. The molecule has 0 amide bonds. The van der Waals surface area contributed by atoms with E-state index in [9.17, 15) is 14.4 Å². The van der Waals surface area contributed by atoms with E-state index < -0.39 is 6.10 Å². The minimum Gasteiger partial charge on any atom is -0.462 e. The van der Waals surface area contributed by atoms with E-state index >= 15 is 0 Å². The predicted octanol–water partition coefficient (Wildman–Crippen LogP) is 19.1. The Morgan fingerprint density at radius 2 is 0.508 bits per heavy atom. The van der Waals surface area contributed by atoms with Crippen LogP contribution in [0, 0.1) is 0 Å². The number of unbranched alkanes of at least 4 members (excludes halogenated alkanes) is 38. The van der Waals surface area contributed by atoms with Crippen LogP contribution in [0.3, 0.4) is 0 Å². The van der Waals surface area contributed by atoms with Crippen molar-refractivity contribution in [1.82, 2.24) is 0 Å². The molecule has 0 aromatic heterocycles. The molecule has 1 unspecified atom stereocenters. The normalized spacial score (nSPS) is 12.1. The second-order valence-electron chi connectivity index (χ2n) is 19.6. The van der Waals surface area contributed by atoms with Gasteiger partial charge in [-0.3, -0.25) is 14.4 Å². The topological polar surface area (TPSA) is 78.9 Å². The summed E-state index contributed by atoms with van der Waals surface area (Å²) in [5.74, 6) is -0.866. The van der Waals surface area contributed by atoms with Gasteiger partial charge in [0.15, 0.2) is 6.10 Å². The number of esters is 3. The highest BCUT2D eigenvalue weighted by Gasteiger charge is 2.19. The Labute approximate surface area is 404 Å². The third-order valence-corrected chi connectivity index (χ3v) is 12.9. The van der Waals surface area contributed by atoms with Gasteiger partial charge in [0.05, 0.1) is 0 Å². The number of hydrogen-bond donors (Lipinski definition) is 0. The van der Waals surface area contributed by atoms with Gasteiger partial charge in [-0.1, -0.05) is 251 Å². The first-order valence-electron chi connectivity index (χ1n) is 28.8. The molecule has 382 valence electrons. The van der Waals surface area contributed by atoms with Gasteiger partial charge < -0.3 is 14.2 Å². The highest BCUT2D eigenvalue weighted by atomic mass is 16.6. The van der Waals surface area contributed by atoms with Crippen molar-refractivity contribution >= 4 is 17.9 Å². The van der Waals surface area contributed by atoms with Gasteiger partial charge in [0, 0.05) is 19.3 Å². The van der Waals surface area contributed by atoms with Crippen LogP contribution in [0.5, 0.6) is 0 Å². The molecule has 0 spiro atoms. The molecule has 0 bridgehead atoms. The van der Waals surface area contributed by atoms with Crippen molar-refractivity contribution in [1.29, 1.82) is 0 Å². The summed E-state index contributed by atoms with van der Waals surface area (Å²) in [4.78, 5) is 38.1. The van der Waals surface area contributed by atoms with Crippen molar-refractivity contribution in [3.63, 3.8) is 0 Å². The molecule has 6 heteroatoms. The molecular weight excluding hydrogens is 805 g/mol. The van der Waals surface area contributed by atoms with Gasteiger partial charge in [-0.05, 0) is 70.6 Å². The number of ether oxygens (including phenoxy) is 3. The Balaban J connectivity index is 4.31. The van der Waals surface area contributed by atoms with E-state index in [1.165, 1.54) is 212 Å². The molecule has 0 aliphatic rings. The largest absolute Gasteiger partial charge is 0.462 e. The van der Waals surface area contributed by atoms with E-state index in [4.69, 9.17) is 14.2 Å². The molecule has 0 aromatic carbocycles. The fourth-order valence-corrected chi connectivity index (χ4v) is 8.55. The van der Waals surface area contributed by atoms with Gasteiger partial charge in [0.1, 0.15) is 13.2 Å². The Bertz CT molecular complexity index is 1050. The molecule has 0 saturated carbocycles. The lowest BCUT2D eigenvalue weighted by Crippen LogP contribution is -2.30. The van der Waals surface area contributed by atoms with E-state index in [1.54, 1.807) is 0 Å². The maximum Gasteiger partial charge on any atom is 0.306 e. The van der Waals surface area contributed by atoms with E-state index in [0.717, 1.165) is 64.2 Å². The lowest BCUT2D eigenvalue weighted by molar-refractivity contribution is -0.167. The van der Waals surface area contributed by atoms with Crippen LogP contribution in [0.2, 0.25) is 0 Å². The minimum absolute atomic E-state index is 0.0712. The smallest absolute Gasteiger partial charge is 0.306 e. The highest BCUT2D eigenvalue weighted by molar-refractivity contribution is 5.71. The van der Waals surface area contributed by atoms with Crippen LogP contribution in [0.1, 0.15) is 316 Å². The average molecular weight is 916 g/mol. The monoisotopic (exact) mass is 915 g/mol. The number of allylic oxidation sites excluding steroid dienone is 4. The summed E-state index contributed by atoms with van der Waals surface area (Å²) in [6, 6.07) is 0. The number of rotatable bonds is 53.